The summed E-state index contributed by atoms with van der Waals surface area (Å²) < 4.78 is 0. The molecule has 3 heterocycles. The summed E-state index contributed by atoms with van der Waals surface area (Å²) in [7, 11) is 0. The number of aromatic nitrogens is 2. The van der Waals surface area contributed by atoms with Gasteiger partial charge in [-0.2, -0.15) is 0 Å². The highest BCUT2D eigenvalue weighted by atomic mass is 16.2. The Hall–Kier alpha value is -3.54. The van der Waals surface area contributed by atoms with E-state index in [0.717, 1.165) is 16.6 Å². The zero-order chi connectivity index (χ0) is 17.9. The number of pyridine rings is 2. The number of guanidine groups is 1. The Morgan fingerprint density at radius 2 is 1.88 bits per heavy atom. The van der Waals surface area contributed by atoms with Crippen LogP contribution >= 0.6 is 0 Å². The van der Waals surface area contributed by atoms with E-state index in [0.29, 0.717) is 23.9 Å². The van der Waals surface area contributed by atoms with Crippen molar-refractivity contribution in [3.05, 3.63) is 77.2 Å². The molecule has 128 valence electrons. The highest BCUT2D eigenvalue weighted by Crippen LogP contribution is 2.12. The van der Waals surface area contributed by atoms with Crippen LogP contribution in [0, 0.1) is 6.92 Å². The molecule has 3 aromatic rings. The molecule has 26 heavy (non-hydrogen) atoms. The fourth-order valence-electron chi connectivity index (χ4n) is 2.64. The molecule has 0 saturated carbocycles. The summed E-state index contributed by atoms with van der Waals surface area (Å²) in [4.78, 5) is 25.3. The van der Waals surface area contributed by atoms with Crippen molar-refractivity contribution in [3.63, 3.8) is 0 Å². The normalized spacial score (nSPS) is 16.9. The van der Waals surface area contributed by atoms with Gasteiger partial charge in [0, 0.05) is 6.20 Å². The average molecular weight is 343 g/mol. The molecule has 0 spiro atoms. The van der Waals surface area contributed by atoms with Crippen molar-refractivity contribution in [2.45, 2.75) is 13.5 Å². The van der Waals surface area contributed by atoms with Gasteiger partial charge >= 0.3 is 0 Å². The molecule has 0 aliphatic carbocycles. The highest BCUT2D eigenvalue weighted by molar-refractivity contribution is 6.15. The molecule has 1 fully saturated rings. The number of fused-ring (bicyclic) bond motifs is 1. The lowest BCUT2D eigenvalue weighted by Crippen LogP contribution is -2.25. The van der Waals surface area contributed by atoms with Crippen molar-refractivity contribution in [1.82, 2.24) is 20.6 Å². The first kappa shape index (κ1) is 16.0. The summed E-state index contributed by atoms with van der Waals surface area (Å²) in [5, 5.41) is 5.75. The van der Waals surface area contributed by atoms with Crippen LogP contribution in [0.1, 0.15) is 16.8 Å². The smallest absolute Gasteiger partial charge is 0.274 e. The van der Waals surface area contributed by atoms with E-state index in [1.165, 1.54) is 5.56 Å². The first-order valence-corrected chi connectivity index (χ1v) is 8.29. The number of benzene rings is 1. The SMILES string of the molecule is Cc1ccc(CN=C2NC(=O)/C(=C/c3ccc4ncccc4n3)N2)cc1. The number of nitrogens with one attached hydrogen (secondary N) is 2. The first-order chi connectivity index (χ1) is 12.7. The van der Waals surface area contributed by atoms with E-state index >= 15 is 0 Å². The topological polar surface area (TPSA) is 79.3 Å². The maximum atomic E-state index is 12.1. The third-order valence-electron chi connectivity index (χ3n) is 4.04. The summed E-state index contributed by atoms with van der Waals surface area (Å²) in [5.41, 5.74) is 5.00. The molecule has 6 nitrogen and oxygen atoms in total. The zero-order valence-electron chi connectivity index (χ0n) is 14.2. The Morgan fingerprint density at radius 3 is 2.73 bits per heavy atom. The van der Waals surface area contributed by atoms with Gasteiger partial charge in [-0.3, -0.25) is 15.1 Å². The molecule has 1 saturated heterocycles. The molecule has 1 amide bonds. The second kappa shape index (κ2) is 6.76. The van der Waals surface area contributed by atoms with E-state index in [9.17, 15) is 4.79 Å². The van der Waals surface area contributed by atoms with Crippen molar-refractivity contribution in [1.29, 1.82) is 0 Å². The molecule has 1 aliphatic heterocycles. The summed E-state index contributed by atoms with van der Waals surface area (Å²) in [5.74, 6) is 0.227. The molecule has 0 unspecified atom stereocenters. The van der Waals surface area contributed by atoms with Gasteiger partial charge in [0.05, 0.1) is 23.3 Å². The number of carbonyl (C=O) groups is 1. The number of hydrogen-bond acceptors (Lipinski definition) is 4. The molecule has 0 atom stereocenters. The fourth-order valence-corrected chi connectivity index (χ4v) is 2.64. The number of aryl methyl sites for hydroxylation is 1. The van der Waals surface area contributed by atoms with Gasteiger partial charge in [-0.25, -0.2) is 9.98 Å². The summed E-state index contributed by atoms with van der Waals surface area (Å²) in [6.07, 6.45) is 3.43. The molecule has 4 rings (SSSR count). The van der Waals surface area contributed by atoms with E-state index in [-0.39, 0.29) is 5.91 Å². The van der Waals surface area contributed by atoms with Crippen molar-refractivity contribution >= 4 is 29.0 Å². The third kappa shape index (κ3) is 3.44. The Balaban J connectivity index is 1.52. The Kier molecular flexibility index (Phi) is 4.15. The molecule has 6 heteroatoms. The maximum Gasteiger partial charge on any atom is 0.274 e. The van der Waals surface area contributed by atoms with Crippen LogP contribution in [0.5, 0.6) is 0 Å². The van der Waals surface area contributed by atoms with Crippen LogP contribution in [0.4, 0.5) is 0 Å². The molecule has 1 aromatic carbocycles. The molecule has 1 aliphatic rings. The molecular weight excluding hydrogens is 326 g/mol. The van der Waals surface area contributed by atoms with Gasteiger partial charge in [-0.1, -0.05) is 29.8 Å². The van der Waals surface area contributed by atoms with Crippen LogP contribution in [0.25, 0.3) is 17.1 Å². The van der Waals surface area contributed by atoms with Gasteiger partial charge < -0.3 is 5.32 Å². The predicted molar refractivity (Wildman–Crippen MR) is 101 cm³/mol. The average Bonchev–Trinajstić information content (AvgIpc) is 3.01. The minimum absolute atomic E-state index is 0.222. The Labute approximate surface area is 150 Å². The largest absolute Gasteiger partial charge is 0.321 e. The lowest BCUT2D eigenvalue weighted by Gasteiger charge is -2.00. The predicted octanol–water partition coefficient (Wildman–Crippen LogP) is 2.55. The van der Waals surface area contributed by atoms with E-state index in [1.54, 1.807) is 12.3 Å². The van der Waals surface area contributed by atoms with Crippen molar-refractivity contribution < 1.29 is 4.79 Å². The standard InChI is InChI=1S/C20H17N5O/c1-13-4-6-14(7-5-13)12-22-20-24-18(19(26)25-20)11-15-8-9-16-17(23-15)3-2-10-21-16/h2-11H,12H2,1H3,(H2,22,24,25,26)/b18-11-. The quantitative estimate of drug-likeness (QED) is 0.716. The second-order valence-corrected chi connectivity index (χ2v) is 6.07. The van der Waals surface area contributed by atoms with Gasteiger partial charge in [-0.05, 0) is 42.8 Å². The number of amides is 1. The van der Waals surface area contributed by atoms with Crippen molar-refractivity contribution in [3.8, 4) is 0 Å². The van der Waals surface area contributed by atoms with Gasteiger partial charge in [0.15, 0.2) is 0 Å². The lowest BCUT2D eigenvalue weighted by atomic mass is 10.1. The van der Waals surface area contributed by atoms with E-state index in [2.05, 4.69) is 25.6 Å². The first-order valence-electron chi connectivity index (χ1n) is 8.29. The van der Waals surface area contributed by atoms with Crippen molar-refractivity contribution in [2.75, 3.05) is 0 Å². The van der Waals surface area contributed by atoms with Crippen LogP contribution in [0.3, 0.4) is 0 Å². The molecule has 2 N–H and O–H groups in total. The number of aliphatic imine (C=N–C) groups is 1. The number of carbonyl (C=O) groups excluding carboxylic acids is 1. The van der Waals surface area contributed by atoms with Crippen LogP contribution < -0.4 is 10.6 Å². The second-order valence-electron chi connectivity index (χ2n) is 6.07. The molecule has 0 radical (unpaired) electrons. The van der Waals surface area contributed by atoms with Gasteiger partial charge in [-0.15, -0.1) is 0 Å². The molecule has 0 bridgehead atoms. The summed E-state index contributed by atoms with van der Waals surface area (Å²) in [6.45, 7) is 2.54. The Bertz CT molecular complexity index is 1040. The maximum absolute atomic E-state index is 12.1. The van der Waals surface area contributed by atoms with Crippen LogP contribution in [-0.4, -0.2) is 21.8 Å². The zero-order valence-corrected chi connectivity index (χ0v) is 14.2. The van der Waals surface area contributed by atoms with Crippen molar-refractivity contribution in [2.24, 2.45) is 4.99 Å². The van der Waals surface area contributed by atoms with Gasteiger partial charge in [0.1, 0.15) is 5.70 Å². The molecule has 2 aromatic heterocycles. The number of rotatable bonds is 3. The molecular formula is C20H17N5O. The van der Waals surface area contributed by atoms with Crippen LogP contribution in [0.15, 0.2) is 65.4 Å². The monoisotopic (exact) mass is 343 g/mol. The van der Waals surface area contributed by atoms with E-state index < -0.39 is 0 Å². The van der Waals surface area contributed by atoms with Crippen LogP contribution in [0.2, 0.25) is 0 Å². The lowest BCUT2D eigenvalue weighted by molar-refractivity contribution is -0.115. The summed E-state index contributed by atoms with van der Waals surface area (Å²) in [6, 6.07) is 15.6. The van der Waals surface area contributed by atoms with Gasteiger partial charge in [0.25, 0.3) is 5.91 Å². The third-order valence-corrected chi connectivity index (χ3v) is 4.04. The fraction of sp³-hybridized carbons (Fsp3) is 0.100. The highest BCUT2D eigenvalue weighted by Gasteiger charge is 2.21. The van der Waals surface area contributed by atoms with Crippen LogP contribution in [-0.2, 0) is 11.3 Å². The number of nitrogens with zero attached hydrogens (tertiary/aromatic N) is 3. The minimum Gasteiger partial charge on any atom is -0.321 e. The van der Waals surface area contributed by atoms with E-state index in [1.807, 2.05) is 55.5 Å². The Morgan fingerprint density at radius 1 is 1.04 bits per heavy atom. The minimum atomic E-state index is -0.222. The number of hydrogen-bond donors (Lipinski definition) is 2. The van der Waals surface area contributed by atoms with E-state index in [4.69, 9.17) is 0 Å². The van der Waals surface area contributed by atoms with Gasteiger partial charge in [0.2, 0.25) is 5.96 Å². The summed E-state index contributed by atoms with van der Waals surface area (Å²) >= 11 is 0.